The normalized spacial score (nSPS) is 16.1. The van der Waals surface area contributed by atoms with Crippen LogP contribution in [0.4, 0.5) is 8.78 Å². The van der Waals surface area contributed by atoms with E-state index in [1.54, 1.807) is 12.1 Å². The molecule has 6 nitrogen and oxygen atoms in total. The lowest BCUT2D eigenvalue weighted by atomic mass is 10.1. The Kier molecular flexibility index (Phi) is 9.97. The standard InChI is InChI=1S/C21H34F2N4O2/c1-4-12-27-13-9-17(10-14-27)26-21(24-5-2)25-11-8-16-6-7-18(28-3)19(15-16)29-20(22)23/h6-7,15,17,20H,4-5,8-14H2,1-3H3,(H2,24,25,26). The number of alkyl halides is 2. The molecule has 2 N–H and O–H groups in total. The van der Waals surface area contributed by atoms with Crippen molar-refractivity contribution in [2.24, 2.45) is 4.99 Å². The molecule has 0 aliphatic carbocycles. The van der Waals surface area contributed by atoms with Crippen molar-refractivity contribution in [2.75, 3.05) is 39.8 Å². The molecule has 0 aromatic heterocycles. The molecule has 1 fully saturated rings. The molecular formula is C21H34F2N4O2. The molecular weight excluding hydrogens is 378 g/mol. The number of methoxy groups -OCH3 is 1. The number of nitrogens with zero attached hydrogens (tertiary/aromatic N) is 2. The third-order valence-corrected chi connectivity index (χ3v) is 4.93. The van der Waals surface area contributed by atoms with Crippen LogP contribution in [0.5, 0.6) is 11.5 Å². The Morgan fingerprint density at radius 3 is 2.62 bits per heavy atom. The summed E-state index contributed by atoms with van der Waals surface area (Å²) in [7, 11) is 1.43. The van der Waals surface area contributed by atoms with Crippen molar-refractivity contribution in [1.29, 1.82) is 0 Å². The summed E-state index contributed by atoms with van der Waals surface area (Å²) in [5.41, 5.74) is 0.869. The highest BCUT2D eigenvalue weighted by Crippen LogP contribution is 2.29. The predicted octanol–water partition coefficient (Wildman–Crippen LogP) is 3.27. The van der Waals surface area contributed by atoms with Crippen LogP contribution in [-0.2, 0) is 6.42 Å². The molecule has 1 aromatic rings. The zero-order chi connectivity index (χ0) is 21.1. The average molecular weight is 413 g/mol. The van der Waals surface area contributed by atoms with Gasteiger partial charge < -0.3 is 25.0 Å². The van der Waals surface area contributed by atoms with Gasteiger partial charge in [-0.15, -0.1) is 0 Å². The van der Waals surface area contributed by atoms with Crippen LogP contribution in [0.15, 0.2) is 23.2 Å². The number of rotatable bonds is 10. The molecule has 164 valence electrons. The Hall–Kier alpha value is -2.09. The fourth-order valence-electron chi connectivity index (χ4n) is 3.49. The molecule has 1 heterocycles. The zero-order valence-corrected chi connectivity index (χ0v) is 17.7. The van der Waals surface area contributed by atoms with Gasteiger partial charge >= 0.3 is 6.61 Å². The van der Waals surface area contributed by atoms with Gasteiger partial charge in [-0.05, 0) is 56.8 Å². The monoisotopic (exact) mass is 412 g/mol. The van der Waals surface area contributed by atoms with Crippen LogP contribution in [0.1, 0.15) is 38.7 Å². The molecule has 0 atom stereocenters. The SMILES string of the molecule is CCCN1CCC(NC(=NCCc2ccc(OC)c(OC(F)F)c2)NCC)CC1. The summed E-state index contributed by atoms with van der Waals surface area (Å²) in [6.45, 7) is 6.10. The quantitative estimate of drug-likeness (QED) is 0.456. The predicted molar refractivity (Wildman–Crippen MR) is 112 cm³/mol. The van der Waals surface area contributed by atoms with Gasteiger partial charge in [0.1, 0.15) is 0 Å². The molecule has 0 amide bonds. The van der Waals surface area contributed by atoms with Crippen LogP contribution < -0.4 is 20.1 Å². The van der Waals surface area contributed by atoms with Gasteiger partial charge in [-0.25, -0.2) is 0 Å². The van der Waals surface area contributed by atoms with Crippen LogP contribution >= 0.6 is 0 Å². The second kappa shape index (κ2) is 12.5. The highest BCUT2D eigenvalue weighted by molar-refractivity contribution is 5.80. The number of benzene rings is 1. The molecule has 1 aromatic carbocycles. The Labute approximate surface area is 172 Å². The van der Waals surface area contributed by atoms with Crippen LogP contribution in [0.3, 0.4) is 0 Å². The van der Waals surface area contributed by atoms with E-state index in [0.717, 1.165) is 44.0 Å². The molecule has 8 heteroatoms. The van der Waals surface area contributed by atoms with E-state index in [1.165, 1.54) is 20.1 Å². The summed E-state index contributed by atoms with van der Waals surface area (Å²) in [5, 5.41) is 6.82. The highest BCUT2D eigenvalue weighted by Gasteiger charge is 2.19. The van der Waals surface area contributed by atoms with Crippen molar-refractivity contribution >= 4 is 5.96 Å². The van der Waals surface area contributed by atoms with E-state index in [0.29, 0.717) is 24.8 Å². The van der Waals surface area contributed by atoms with Crippen molar-refractivity contribution in [1.82, 2.24) is 15.5 Å². The van der Waals surface area contributed by atoms with Crippen LogP contribution in [0, 0.1) is 0 Å². The van der Waals surface area contributed by atoms with E-state index in [2.05, 4.69) is 32.2 Å². The first-order valence-corrected chi connectivity index (χ1v) is 10.4. The molecule has 29 heavy (non-hydrogen) atoms. The third kappa shape index (κ3) is 8.04. The number of ether oxygens (including phenoxy) is 2. The zero-order valence-electron chi connectivity index (χ0n) is 17.7. The Bertz CT molecular complexity index is 635. The third-order valence-electron chi connectivity index (χ3n) is 4.93. The first-order valence-electron chi connectivity index (χ1n) is 10.4. The second-order valence-corrected chi connectivity index (χ2v) is 7.13. The van der Waals surface area contributed by atoms with Crippen LogP contribution in [0.2, 0.25) is 0 Å². The Balaban J connectivity index is 1.90. The smallest absolute Gasteiger partial charge is 0.387 e. The van der Waals surface area contributed by atoms with Gasteiger partial charge in [-0.3, -0.25) is 4.99 Å². The lowest BCUT2D eigenvalue weighted by molar-refractivity contribution is -0.0512. The minimum Gasteiger partial charge on any atom is -0.493 e. The molecule has 2 rings (SSSR count). The number of hydrogen-bond acceptors (Lipinski definition) is 4. The number of hydrogen-bond donors (Lipinski definition) is 2. The number of nitrogens with one attached hydrogen (secondary N) is 2. The average Bonchev–Trinajstić information content (AvgIpc) is 2.69. The van der Waals surface area contributed by atoms with Gasteiger partial charge in [0.05, 0.1) is 7.11 Å². The first kappa shape index (κ1) is 23.2. The molecule has 0 radical (unpaired) electrons. The first-order chi connectivity index (χ1) is 14.0. The molecule has 1 saturated heterocycles. The fourth-order valence-corrected chi connectivity index (χ4v) is 3.49. The molecule has 0 bridgehead atoms. The Morgan fingerprint density at radius 2 is 2.00 bits per heavy atom. The number of halogens is 2. The summed E-state index contributed by atoms with van der Waals surface area (Å²) in [6, 6.07) is 5.50. The minimum absolute atomic E-state index is 0.0489. The fraction of sp³-hybridized carbons (Fsp3) is 0.667. The number of piperidine rings is 1. The van der Waals surface area contributed by atoms with Crippen LogP contribution in [0.25, 0.3) is 0 Å². The van der Waals surface area contributed by atoms with Gasteiger partial charge in [0.15, 0.2) is 17.5 Å². The largest absolute Gasteiger partial charge is 0.493 e. The maximum atomic E-state index is 12.6. The van der Waals surface area contributed by atoms with E-state index >= 15 is 0 Å². The van der Waals surface area contributed by atoms with Crippen molar-refractivity contribution in [2.45, 2.75) is 52.2 Å². The topological polar surface area (TPSA) is 58.1 Å². The van der Waals surface area contributed by atoms with E-state index in [4.69, 9.17) is 4.74 Å². The van der Waals surface area contributed by atoms with Crippen molar-refractivity contribution in [3.05, 3.63) is 23.8 Å². The van der Waals surface area contributed by atoms with Gasteiger partial charge in [-0.1, -0.05) is 13.0 Å². The summed E-state index contributed by atoms with van der Waals surface area (Å²) >= 11 is 0. The van der Waals surface area contributed by atoms with Gasteiger partial charge in [0.25, 0.3) is 0 Å². The van der Waals surface area contributed by atoms with Crippen molar-refractivity contribution in [3.63, 3.8) is 0 Å². The number of likely N-dealkylation sites (tertiary alicyclic amines) is 1. The summed E-state index contributed by atoms with van der Waals surface area (Å²) in [5.74, 6) is 1.15. The molecule has 0 unspecified atom stereocenters. The van der Waals surface area contributed by atoms with Crippen molar-refractivity contribution in [3.8, 4) is 11.5 Å². The van der Waals surface area contributed by atoms with E-state index in [1.807, 2.05) is 13.0 Å². The molecule has 0 spiro atoms. The van der Waals surface area contributed by atoms with Gasteiger partial charge in [0, 0.05) is 32.2 Å². The summed E-state index contributed by atoms with van der Waals surface area (Å²) in [6.07, 6.45) is 4.03. The van der Waals surface area contributed by atoms with Crippen LogP contribution in [-0.4, -0.2) is 63.3 Å². The van der Waals surface area contributed by atoms with Crippen molar-refractivity contribution < 1.29 is 18.3 Å². The maximum absolute atomic E-state index is 12.6. The summed E-state index contributed by atoms with van der Waals surface area (Å²) < 4.78 is 34.8. The maximum Gasteiger partial charge on any atom is 0.387 e. The Morgan fingerprint density at radius 1 is 1.24 bits per heavy atom. The highest BCUT2D eigenvalue weighted by atomic mass is 19.3. The van der Waals surface area contributed by atoms with E-state index in [-0.39, 0.29) is 5.75 Å². The lowest BCUT2D eigenvalue weighted by Crippen LogP contribution is -2.48. The van der Waals surface area contributed by atoms with E-state index in [9.17, 15) is 8.78 Å². The molecule has 1 aliphatic heterocycles. The second-order valence-electron chi connectivity index (χ2n) is 7.13. The number of guanidine groups is 1. The van der Waals surface area contributed by atoms with E-state index < -0.39 is 6.61 Å². The minimum atomic E-state index is -2.88. The molecule has 0 saturated carbocycles. The van der Waals surface area contributed by atoms with Gasteiger partial charge in [-0.2, -0.15) is 8.78 Å². The summed E-state index contributed by atoms with van der Waals surface area (Å²) in [4.78, 5) is 7.16. The lowest BCUT2D eigenvalue weighted by Gasteiger charge is -2.32. The number of aliphatic imine (C=N–C) groups is 1. The van der Waals surface area contributed by atoms with Gasteiger partial charge in [0.2, 0.25) is 0 Å². The molecule has 1 aliphatic rings.